The molecule has 1 N–H and O–H groups in total. The molecule has 1 aliphatic heterocycles. The van der Waals surface area contributed by atoms with E-state index in [1.807, 2.05) is 13.8 Å². The first-order valence-electron chi connectivity index (χ1n) is 12.1. The normalized spacial score (nSPS) is 15.0. The van der Waals surface area contributed by atoms with Gasteiger partial charge in [-0.15, -0.1) is 11.3 Å². The maximum Gasteiger partial charge on any atom is 0.333 e. The second-order valence-corrected chi connectivity index (χ2v) is 10.8. The summed E-state index contributed by atoms with van der Waals surface area (Å²) in [7, 11) is 1.41. The molecule has 36 heavy (non-hydrogen) atoms. The second kappa shape index (κ2) is 9.82. The number of benzene rings is 1. The summed E-state index contributed by atoms with van der Waals surface area (Å²) in [5.41, 5.74) is -1.70. The predicted octanol–water partition coefficient (Wildman–Crippen LogP) is 3.33. The molecule has 1 aliphatic rings. The molecule has 1 fully saturated rings. The fourth-order valence-corrected chi connectivity index (χ4v) is 6.26. The van der Waals surface area contributed by atoms with E-state index in [1.165, 1.54) is 41.2 Å². The first-order chi connectivity index (χ1) is 17.0. The van der Waals surface area contributed by atoms with Gasteiger partial charge in [0.05, 0.1) is 19.0 Å². The molecule has 0 spiro atoms. The number of halogens is 1. The lowest BCUT2D eigenvalue weighted by Gasteiger charge is -2.31. The molecular formula is C26H32FN3O5S. The van der Waals surface area contributed by atoms with E-state index in [9.17, 15) is 23.9 Å². The number of likely N-dealkylation sites (tertiary alicyclic amines) is 1. The smallest absolute Gasteiger partial charge is 0.333 e. The number of ether oxygens (including phenoxy) is 1. The number of carbonyl (C=O) groups is 1. The van der Waals surface area contributed by atoms with Crippen molar-refractivity contribution in [1.82, 2.24) is 14.0 Å². The van der Waals surface area contributed by atoms with E-state index < -0.39 is 28.7 Å². The van der Waals surface area contributed by atoms with Crippen molar-refractivity contribution in [2.24, 2.45) is 0 Å². The van der Waals surface area contributed by atoms with Crippen molar-refractivity contribution in [3.05, 3.63) is 60.9 Å². The lowest BCUT2D eigenvalue weighted by Crippen LogP contribution is -2.56. The predicted molar refractivity (Wildman–Crippen MR) is 138 cm³/mol. The Balaban J connectivity index is 1.94. The summed E-state index contributed by atoms with van der Waals surface area (Å²) in [6, 6.07) is 3.80. The molecule has 1 amide bonds. The highest BCUT2D eigenvalue weighted by Gasteiger charge is 2.39. The van der Waals surface area contributed by atoms with Gasteiger partial charge in [-0.3, -0.25) is 14.2 Å². The number of aliphatic hydroxyl groups excluding tert-OH is 1. The van der Waals surface area contributed by atoms with Crippen LogP contribution in [0.2, 0.25) is 0 Å². The third-order valence-corrected chi connectivity index (χ3v) is 8.47. The Hall–Kier alpha value is -2.98. The molecule has 0 aliphatic carbocycles. The fraction of sp³-hybridized carbons (Fsp3) is 0.500. The summed E-state index contributed by atoms with van der Waals surface area (Å²) < 4.78 is 21.6. The number of methoxy groups -OCH3 is 1. The molecule has 194 valence electrons. The minimum absolute atomic E-state index is 0.187. The summed E-state index contributed by atoms with van der Waals surface area (Å²) >= 11 is 1.32. The average Bonchev–Trinajstić information content (AvgIpc) is 3.49. The maximum atomic E-state index is 14.0. The number of thiophene rings is 1. The highest BCUT2D eigenvalue weighted by atomic mass is 32.1. The summed E-state index contributed by atoms with van der Waals surface area (Å²) in [6.07, 6.45) is 1.12. The third-order valence-electron chi connectivity index (χ3n) is 7.01. The zero-order valence-corrected chi connectivity index (χ0v) is 22.1. The fourth-order valence-electron chi connectivity index (χ4n) is 5.02. The molecule has 1 atom stereocenters. The van der Waals surface area contributed by atoms with Crippen molar-refractivity contribution in [1.29, 1.82) is 0 Å². The highest BCUT2D eigenvalue weighted by Crippen LogP contribution is 2.32. The van der Waals surface area contributed by atoms with E-state index in [2.05, 4.69) is 0 Å². The van der Waals surface area contributed by atoms with E-state index >= 15 is 0 Å². The summed E-state index contributed by atoms with van der Waals surface area (Å²) in [5, 5.41) is 11.5. The van der Waals surface area contributed by atoms with Crippen LogP contribution in [0.4, 0.5) is 4.39 Å². The second-order valence-electron chi connectivity index (χ2n) is 9.68. The molecule has 3 heterocycles. The van der Waals surface area contributed by atoms with Crippen LogP contribution in [-0.4, -0.2) is 45.2 Å². The van der Waals surface area contributed by atoms with E-state index in [-0.39, 0.29) is 23.8 Å². The minimum atomic E-state index is -1.43. The molecule has 1 aromatic carbocycles. The number of amides is 1. The summed E-state index contributed by atoms with van der Waals surface area (Å²) in [5.74, 6) is -0.561. The molecule has 0 bridgehead atoms. The number of nitrogens with zero attached hydrogens (tertiary/aromatic N) is 3. The Morgan fingerprint density at radius 3 is 2.53 bits per heavy atom. The number of hydrogen-bond donors (Lipinski definition) is 1. The Kier molecular flexibility index (Phi) is 7.12. The molecule has 4 rings (SSSR count). The lowest BCUT2D eigenvalue weighted by molar-refractivity contribution is -0.138. The van der Waals surface area contributed by atoms with E-state index in [0.29, 0.717) is 29.7 Å². The van der Waals surface area contributed by atoms with Crippen molar-refractivity contribution < 1.29 is 19.0 Å². The van der Waals surface area contributed by atoms with Crippen molar-refractivity contribution in [2.75, 3.05) is 20.2 Å². The number of aromatic nitrogens is 2. The molecule has 2 aromatic heterocycles. The van der Waals surface area contributed by atoms with Gasteiger partial charge in [-0.05, 0) is 63.8 Å². The largest absolute Gasteiger partial charge is 0.496 e. The van der Waals surface area contributed by atoms with Crippen LogP contribution in [0.5, 0.6) is 5.75 Å². The Morgan fingerprint density at radius 2 is 1.92 bits per heavy atom. The van der Waals surface area contributed by atoms with Crippen molar-refractivity contribution in [2.45, 2.75) is 65.1 Å². The quantitative estimate of drug-likeness (QED) is 0.519. The van der Waals surface area contributed by atoms with E-state index in [1.54, 1.807) is 18.7 Å². The third kappa shape index (κ3) is 4.26. The Labute approximate surface area is 212 Å². The van der Waals surface area contributed by atoms with Gasteiger partial charge in [-0.25, -0.2) is 13.8 Å². The van der Waals surface area contributed by atoms with Gasteiger partial charge in [0.1, 0.15) is 28.0 Å². The van der Waals surface area contributed by atoms with E-state index in [0.717, 1.165) is 27.8 Å². The zero-order valence-electron chi connectivity index (χ0n) is 21.3. The molecule has 0 radical (unpaired) electrons. The zero-order chi connectivity index (χ0) is 26.4. The number of fused-ring (bicyclic) bond motifs is 1. The Morgan fingerprint density at radius 1 is 1.25 bits per heavy atom. The lowest BCUT2D eigenvalue weighted by atomic mass is 10.0. The van der Waals surface area contributed by atoms with Crippen LogP contribution < -0.4 is 16.0 Å². The van der Waals surface area contributed by atoms with Gasteiger partial charge in [0.2, 0.25) is 5.91 Å². The van der Waals surface area contributed by atoms with E-state index in [4.69, 9.17) is 4.74 Å². The van der Waals surface area contributed by atoms with Crippen LogP contribution in [0.15, 0.2) is 27.8 Å². The van der Waals surface area contributed by atoms with Crippen LogP contribution >= 0.6 is 11.3 Å². The number of hydrogen-bond acceptors (Lipinski definition) is 6. The minimum Gasteiger partial charge on any atom is -0.496 e. The SMILES string of the molecule is CCc1sc2c(c1C)c(=O)n(C(C)(C)C(=O)N1CCCC1)c(=O)n2C[C@H](O)c1cc(F)ccc1OC. The standard InChI is InChI=1S/C26H32FN3O5S/c1-6-20-15(2)21-22(32)30(26(3,4)24(33)28-11-7-8-12-28)25(34)29(23(21)36-20)14-18(31)17-13-16(27)9-10-19(17)35-5/h9-10,13,18,31H,6-8,11-12,14H2,1-5H3/t18-/m0/s1. The topological polar surface area (TPSA) is 93.8 Å². The van der Waals surface area contributed by atoms with Crippen molar-refractivity contribution in [3.8, 4) is 5.75 Å². The van der Waals surface area contributed by atoms with Gasteiger partial charge in [0.25, 0.3) is 5.56 Å². The van der Waals surface area contributed by atoms with Crippen LogP contribution in [-0.2, 0) is 23.3 Å². The summed E-state index contributed by atoms with van der Waals surface area (Å²) in [4.78, 5) is 44.2. The maximum absolute atomic E-state index is 14.0. The molecule has 8 nitrogen and oxygen atoms in total. The number of aliphatic hydroxyl groups is 1. The van der Waals surface area contributed by atoms with Crippen LogP contribution in [0, 0.1) is 12.7 Å². The Bertz CT molecular complexity index is 1430. The monoisotopic (exact) mass is 517 g/mol. The van der Waals surface area contributed by atoms with Crippen molar-refractivity contribution >= 4 is 27.5 Å². The van der Waals surface area contributed by atoms with Crippen molar-refractivity contribution in [3.63, 3.8) is 0 Å². The summed E-state index contributed by atoms with van der Waals surface area (Å²) in [6.45, 7) is 7.90. The number of rotatable bonds is 7. The first-order valence-corrected chi connectivity index (χ1v) is 12.9. The number of carbonyl (C=O) groups excluding carboxylic acids is 1. The molecule has 3 aromatic rings. The molecule has 0 unspecified atom stereocenters. The molecule has 0 saturated carbocycles. The van der Waals surface area contributed by atoms with Crippen LogP contribution in [0.25, 0.3) is 10.2 Å². The molecule has 10 heteroatoms. The van der Waals surface area contributed by atoms with Gasteiger partial charge < -0.3 is 14.7 Å². The highest BCUT2D eigenvalue weighted by molar-refractivity contribution is 7.18. The van der Waals surface area contributed by atoms with Gasteiger partial charge in [0, 0.05) is 23.5 Å². The molecule has 1 saturated heterocycles. The number of aryl methyl sites for hydroxylation is 2. The first kappa shape index (κ1) is 26.1. The van der Waals surface area contributed by atoms with Crippen LogP contribution in [0.3, 0.4) is 0 Å². The average molecular weight is 518 g/mol. The van der Waals surface area contributed by atoms with Gasteiger partial charge in [-0.2, -0.15) is 0 Å². The van der Waals surface area contributed by atoms with Gasteiger partial charge in [-0.1, -0.05) is 6.92 Å². The van der Waals surface area contributed by atoms with Gasteiger partial charge >= 0.3 is 5.69 Å². The van der Waals surface area contributed by atoms with Gasteiger partial charge in [0.15, 0.2) is 0 Å². The van der Waals surface area contributed by atoms with Crippen LogP contribution in [0.1, 0.15) is 55.7 Å². The molecular weight excluding hydrogens is 485 g/mol.